The molecule has 150 valence electrons. The van der Waals surface area contributed by atoms with Gasteiger partial charge in [0.05, 0.1) is 7.11 Å². The number of carbonyl (C=O) groups excluding carboxylic acids is 1. The van der Waals surface area contributed by atoms with Gasteiger partial charge in [0.25, 0.3) is 5.91 Å². The van der Waals surface area contributed by atoms with Crippen LogP contribution >= 0.6 is 0 Å². The van der Waals surface area contributed by atoms with Gasteiger partial charge in [-0.25, -0.2) is 0 Å². The van der Waals surface area contributed by atoms with Crippen LogP contribution in [0.5, 0.6) is 5.75 Å². The zero-order chi connectivity index (χ0) is 20.1. The number of nitrogens with zero attached hydrogens (tertiary/aromatic N) is 3. The standard InChI is InChI=1S/C23H31N3O2/c1-5-24(3)21-11-9-19(10-12-21)23(27)26-15-13-25(14-16-26)18(2)20-7-6-8-22(17-20)28-4/h6-12,17-18H,5,13-16H2,1-4H3. The van der Waals surface area contributed by atoms with E-state index in [0.717, 1.165) is 49.7 Å². The molecule has 2 aromatic carbocycles. The third kappa shape index (κ3) is 4.47. The van der Waals surface area contributed by atoms with Gasteiger partial charge in [0, 0.05) is 57.1 Å². The van der Waals surface area contributed by atoms with Crippen molar-refractivity contribution < 1.29 is 9.53 Å². The van der Waals surface area contributed by atoms with Gasteiger partial charge in [-0.15, -0.1) is 0 Å². The van der Waals surface area contributed by atoms with Crippen molar-refractivity contribution in [3.05, 3.63) is 59.7 Å². The molecule has 0 bridgehead atoms. The van der Waals surface area contributed by atoms with Crippen LogP contribution in [0.1, 0.15) is 35.8 Å². The lowest BCUT2D eigenvalue weighted by atomic mass is 10.1. The van der Waals surface area contributed by atoms with Crippen LogP contribution in [0, 0.1) is 0 Å². The van der Waals surface area contributed by atoms with Crippen LogP contribution in [-0.2, 0) is 0 Å². The van der Waals surface area contributed by atoms with Gasteiger partial charge >= 0.3 is 0 Å². The molecule has 1 atom stereocenters. The van der Waals surface area contributed by atoms with Crippen molar-refractivity contribution in [2.24, 2.45) is 0 Å². The summed E-state index contributed by atoms with van der Waals surface area (Å²) >= 11 is 0. The van der Waals surface area contributed by atoms with Gasteiger partial charge in [0.1, 0.15) is 5.75 Å². The Bertz CT molecular complexity index is 783. The summed E-state index contributed by atoms with van der Waals surface area (Å²) in [5, 5.41) is 0. The molecule has 1 aliphatic rings. The molecule has 1 aliphatic heterocycles. The maximum absolute atomic E-state index is 12.9. The molecule has 5 heteroatoms. The van der Waals surface area contributed by atoms with E-state index in [0.29, 0.717) is 6.04 Å². The van der Waals surface area contributed by atoms with Gasteiger partial charge in [-0.2, -0.15) is 0 Å². The van der Waals surface area contributed by atoms with Crippen molar-refractivity contribution in [3.8, 4) is 5.75 Å². The van der Waals surface area contributed by atoms with Gasteiger partial charge in [-0.1, -0.05) is 12.1 Å². The highest BCUT2D eigenvalue weighted by atomic mass is 16.5. The summed E-state index contributed by atoms with van der Waals surface area (Å²) < 4.78 is 5.35. The van der Waals surface area contributed by atoms with Crippen molar-refractivity contribution in [3.63, 3.8) is 0 Å². The highest BCUT2D eigenvalue weighted by Gasteiger charge is 2.25. The Balaban J connectivity index is 1.59. The predicted octanol–water partition coefficient (Wildman–Crippen LogP) is 3.67. The minimum Gasteiger partial charge on any atom is -0.497 e. The molecular weight excluding hydrogens is 350 g/mol. The quantitative estimate of drug-likeness (QED) is 0.765. The van der Waals surface area contributed by atoms with Crippen molar-refractivity contribution in [2.45, 2.75) is 19.9 Å². The average Bonchev–Trinajstić information content (AvgIpc) is 2.77. The van der Waals surface area contributed by atoms with E-state index >= 15 is 0 Å². The summed E-state index contributed by atoms with van der Waals surface area (Å²) in [6, 6.07) is 16.5. The summed E-state index contributed by atoms with van der Waals surface area (Å²) in [6.45, 7) is 8.54. The Labute approximate surface area is 168 Å². The SMILES string of the molecule is CCN(C)c1ccc(C(=O)N2CCN(C(C)c3cccc(OC)c3)CC2)cc1. The molecule has 1 amide bonds. The molecule has 5 nitrogen and oxygen atoms in total. The molecule has 0 spiro atoms. The second kappa shape index (κ2) is 9.11. The summed E-state index contributed by atoms with van der Waals surface area (Å²) in [4.78, 5) is 19.4. The Morgan fingerprint density at radius 2 is 1.79 bits per heavy atom. The van der Waals surface area contributed by atoms with Crippen LogP contribution in [0.2, 0.25) is 0 Å². The molecule has 0 aliphatic carbocycles. The molecule has 0 radical (unpaired) electrons. The normalized spacial score (nSPS) is 15.9. The van der Waals surface area contributed by atoms with Crippen LogP contribution < -0.4 is 9.64 Å². The van der Waals surface area contributed by atoms with E-state index < -0.39 is 0 Å². The molecule has 1 heterocycles. The number of ether oxygens (including phenoxy) is 1. The first kappa shape index (κ1) is 20.2. The molecule has 28 heavy (non-hydrogen) atoms. The third-order valence-electron chi connectivity index (χ3n) is 5.75. The molecule has 0 aromatic heterocycles. The number of hydrogen-bond donors (Lipinski definition) is 0. The topological polar surface area (TPSA) is 36.0 Å². The second-order valence-corrected chi connectivity index (χ2v) is 7.34. The molecule has 1 saturated heterocycles. The van der Waals surface area contributed by atoms with Gasteiger partial charge in [-0.05, 0) is 55.8 Å². The minimum absolute atomic E-state index is 0.124. The molecule has 0 N–H and O–H groups in total. The van der Waals surface area contributed by atoms with E-state index in [1.165, 1.54) is 5.56 Å². The van der Waals surface area contributed by atoms with Gasteiger partial charge in [0.15, 0.2) is 0 Å². The molecular formula is C23H31N3O2. The van der Waals surface area contributed by atoms with E-state index in [-0.39, 0.29) is 5.91 Å². The van der Waals surface area contributed by atoms with Crippen LogP contribution in [0.15, 0.2) is 48.5 Å². The fourth-order valence-electron chi connectivity index (χ4n) is 3.65. The number of amides is 1. The molecule has 1 fully saturated rings. The average molecular weight is 382 g/mol. The first-order valence-electron chi connectivity index (χ1n) is 10.0. The number of methoxy groups -OCH3 is 1. The number of hydrogen-bond acceptors (Lipinski definition) is 4. The van der Waals surface area contributed by atoms with E-state index in [1.807, 2.05) is 41.3 Å². The number of anilines is 1. The molecule has 3 rings (SSSR count). The monoisotopic (exact) mass is 381 g/mol. The van der Waals surface area contributed by atoms with Crippen molar-refractivity contribution in [1.29, 1.82) is 0 Å². The van der Waals surface area contributed by atoms with Gasteiger partial charge in [-0.3, -0.25) is 9.69 Å². The highest BCUT2D eigenvalue weighted by molar-refractivity contribution is 5.94. The van der Waals surface area contributed by atoms with Gasteiger partial charge in [0.2, 0.25) is 0 Å². The van der Waals surface area contributed by atoms with E-state index in [9.17, 15) is 4.79 Å². The summed E-state index contributed by atoms with van der Waals surface area (Å²) in [5.41, 5.74) is 3.15. The molecule has 2 aromatic rings. The third-order valence-corrected chi connectivity index (χ3v) is 5.75. The Kier molecular flexibility index (Phi) is 6.57. The number of benzene rings is 2. The fraction of sp³-hybridized carbons (Fsp3) is 0.435. The van der Waals surface area contributed by atoms with E-state index in [2.05, 4.69) is 42.8 Å². The lowest BCUT2D eigenvalue weighted by Crippen LogP contribution is -2.49. The Morgan fingerprint density at radius 1 is 1.11 bits per heavy atom. The summed E-state index contributed by atoms with van der Waals surface area (Å²) in [5.74, 6) is 1.01. The van der Waals surface area contributed by atoms with E-state index in [4.69, 9.17) is 4.74 Å². The summed E-state index contributed by atoms with van der Waals surface area (Å²) in [7, 11) is 3.75. The fourth-order valence-corrected chi connectivity index (χ4v) is 3.65. The lowest BCUT2D eigenvalue weighted by Gasteiger charge is -2.38. The first-order chi connectivity index (χ1) is 13.5. The van der Waals surface area contributed by atoms with Crippen molar-refractivity contribution in [1.82, 2.24) is 9.80 Å². The van der Waals surface area contributed by atoms with Crippen LogP contribution in [0.25, 0.3) is 0 Å². The van der Waals surface area contributed by atoms with Crippen LogP contribution in [-0.4, -0.2) is 62.6 Å². The molecule has 0 saturated carbocycles. The van der Waals surface area contributed by atoms with Crippen molar-refractivity contribution >= 4 is 11.6 Å². The Hall–Kier alpha value is -2.53. The predicted molar refractivity (Wildman–Crippen MR) is 114 cm³/mol. The van der Waals surface area contributed by atoms with Crippen LogP contribution in [0.3, 0.4) is 0 Å². The minimum atomic E-state index is 0.124. The first-order valence-corrected chi connectivity index (χ1v) is 10.0. The summed E-state index contributed by atoms with van der Waals surface area (Å²) in [6.07, 6.45) is 0. The molecule has 1 unspecified atom stereocenters. The second-order valence-electron chi connectivity index (χ2n) is 7.34. The maximum Gasteiger partial charge on any atom is 0.253 e. The van der Waals surface area contributed by atoms with Gasteiger partial charge < -0.3 is 14.5 Å². The number of carbonyl (C=O) groups is 1. The number of piperazine rings is 1. The number of rotatable bonds is 6. The zero-order valence-electron chi connectivity index (χ0n) is 17.4. The largest absolute Gasteiger partial charge is 0.497 e. The maximum atomic E-state index is 12.9. The Morgan fingerprint density at radius 3 is 2.39 bits per heavy atom. The van der Waals surface area contributed by atoms with Crippen molar-refractivity contribution in [2.75, 3.05) is 51.8 Å². The van der Waals surface area contributed by atoms with Crippen LogP contribution in [0.4, 0.5) is 5.69 Å². The smallest absolute Gasteiger partial charge is 0.253 e. The van der Waals surface area contributed by atoms with E-state index in [1.54, 1.807) is 7.11 Å². The zero-order valence-corrected chi connectivity index (χ0v) is 17.4. The highest BCUT2D eigenvalue weighted by Crippen LogP contribution is 2.25. The lowest BCUT2D eigenvalue weighted by molar-refractivity contribution is 0.0582.